The largest absolute Gasteiger partial charge is 0.490 e. The number of nitrogens with zero attached hydrogens (tertiary/aromatic N) is 1. The van der Waals surface area contributed by atoms with Crippen LogP contribution in [0.5, 0.6) is 11.5 Å². The second-order valence-electron chi connectivity index (χ2n) is 8.08. The summed E-state index contributed by atoms with van der Waals surface area (Å²) in [4.78, 5) is 26.1. The zero-order valence-electron chi connectivity index (χ0n) is 19.6. The first-order valence-electron chi connectivity index (χ1n) is 11.5. The van der Waals surface area contributed by atoms with Crippen molar-refractivity contribution in [1.82, 2.24) is 0 Å². The lowest BCUT2D eigenvalue weighted by atomic mass is 10.0. The summed E-state index contributed by atoms with van der Waals surface area (Å²) in [5.41, 5.74) is 4.36. The zero-order valence-corrected chi connectivity index (χ0v) is 21.2. The molecule has 1 amide bonds. The number of halogens is 1. The third-order valence-corrected chi connectivity index (χ3v) is 6.35. The number of carbonyl (C=O) groups is 2. The number of anilines is 1. The third-order valence-electron chi connectivity index (χ3n) is 5.67. The van der Waals surface area contributed by atoms with Gasteiger partial charge in [0.25, 0.3) is 5.91 Å². The lowest BCUT2D eigenvalue weighted by molar-refractivity contribution is -0.113. The van der Waals surface area contributed by atoms with Crippen molar-refractivity contribution in [3.8, 4) is 11.5 Å². The lowest BCUT2D eigenvalue weighted by Crippen LogP contribution is -2.26. The number of fused-ring (bicyclic) bond motifs is 1. The molecule has 6 nitrogen and oxygen atoms in total. The van der Waals surface area contributed by atoms with Gasteiger partial charge in [0.2, 0.25) is 0 Å². The van der Waals surface area contributed by atoms with E-state index in [9.17, 15) is 9.59 Å². The topological polar surface area (TPSA) is 76.1 Å². The van der Waals surface area contributed by atoms with Crippen LogP contribution in [-0.4, -0.2) is 30.1 Å². The Labute approximate surface area is 212 Å². The summed E-state index contributed by atoms with van der Waals surface area (Å²) >= 11 is 3.63. The van der Waals surface area contributed by atoms with E-state index in [0.717, 1.165) is 33.3 Å². The molecule has 4 rings (SSSR count). The van der Waals surface area contributed by atoms with E-state index < -0.39 is 5.97 Å². The zero-order chi connectivity index (χ0) is 24.9. The molecule has 0 aromatic heterocycles. The van der Waals surface area contributed by atoms with Crippen molar-refractivity contribution in [1.29, 1.82) is 0 Å². The quantitative estimate of drug-likeness (QED) is 0.320. The Morgan fingerprint density at radius 3 is 2.43 bits per heavy atom. The molecule has 1 heterocycles. The van der Waals surface area contributed by atoms with Gasteiger partial charge in [-0.25, -0.2) is 4.79 Å². The fourth-order valence-corrected chi connectivity index (χ4v) is 4.43. The molecular formula is C28H26BrNO5. The average molecular weight is 536 g/mol. The van der Waals surface area contributed by atoms with Crippen molar-refractivity contribution in [2.24, 2.45) is 0 Å². The average Bonchev–Trinajstić information content (AvgIpc) is 3.11. The van der Waals surface area contributed by atoms with E-state index in [-0.39, 0.29) is 18.1 Å². The van der Waals surface area contributed by atoms with Crippen molar-refractivity contribution in [2.75, 3.05) is 18.1 Å². The first-order chi connectivity index (χ1) is 16.9. The molecule has 0 radical (unpaired) electrons. The minimum Gasteiger partial charge on any atom is -0.490 e. The maximum atomic E-state index is 13.2. The summed E-state index contributed by atoms with van der Waals surface area (Å²) in [6.45, 7) is 5.33. The molecule has 1 N–H and O–H groups in total. The molecule has 0 bridgehead atoms. The number of para-hydroxylation sites is 1. The summed E-state index contributed by atoms with van der Waals surface area (Å²) in [7, 11) is 0. The number of ether oxygens (including phenoxy) is 2. The number of rotatable bonds is 9. The van der Waals surface area contributed by atoms with Crippen molar-refractivity contribution in [3.63, 3.8) is 0 Å². The SMILES string of the molecule is CCCN1C(=O)/C(=C\c2cc(OCC)c(OCc3ccc(C(=O)O)cc3)cc2Br)c2ccccc21. The van der Waals surface area contributed by atoms with Crippen LogP contribution in [0.1, 0.15) is 47.3 Å². The Hall–Kier alpha value is -3.58. The van der Waals surface area contributed by atoms with Gasteiger partial charge < -0.3 is 19.5 Å². The van der Waals surface area contributed by atoms with E-state index in [1.807, 2.05) is 54.3 Å². The minimum absolute atomic E-state index is 0.0111. The smallest absolute Gasteiger partial charge is 0.335 e. The van der Waals surface area contributed by atoms with Gasteiger partial charge in [-0.05, 0) is 60.9 Å². The molecule has 0 spiro atoms. The molecular weight excluding hydrogens is 510 g/mol. The van der Waals surface area contributed by atoms with Crippen molar-refractivity contribution >= 4 is 45.1 Å². The summed E-state index contributed by atoms with van der Waals surface area (Å²) < 4.78 is 12.6. The van der Waals surface area contributed by atoms with Crippen molar-refractivity contribution < 1.29 is 24.2 Å². The third kappa shape index (κ3) is 5.25. The van der Waals surface area contributed by atoms with Crippen LogP contribution >= 0.6 is 15.9 Å². The number of aromatic carboxylic acids is 1. The van der Waals surface area contributed by atoms with Crippen LogP contribution in [-0.2, 0) is 11.4 Å². The fraction of sp³-hybridized carbons (Fsp3) is 0.214. The van der Waals surface area contributed by atoms with Gasteiger partial charge in [-0.3, -0.25) is 4.79 Å². The Balaban J connectivity index is 1.64. The van der Waals surface area contributed by atoms with E-state index in [1.54, 1.807) is 24.3 Å². The molecule has 0 saturated heterocycles. The molecule has 0 unspecified atom stereocenters. The predicted molar refractivity (Wildman–Crippen MR) is 140 cm³/mol. The van der Waals surface area contributed by atoms with Gasteiger partial charge in [0.05, 0.1) is 17.9 Å². The van der Waals surface area contributed by atoms with Gasteiger partial charge in [-0.1, -0.05) is 53.2 Å². The number of benzene rings is 3. The molecule has 0 atom stereocenters. The predicted octanol–water partition coefficient (Wildman–Crippen LogP) is 6.42. The van der Waals surface area contributed by atoms with E-state index in [1.165, 1.54) is 0 Å². The maximum Gasteiger partial charge on any atom is 0.335 e. The normalized spacial score (nSPS) is 13.7. The van der Waals surface area contributed by atoms with Crippen LogP contribution in [0.25, 0.3) is 11.6 Å². The highest BCUT2D eigenvalue weighted by molar-refractivity contribution is 9.10. The van der Waals surface area contributed by atoms with E-state index in [4.69, 9.17) is 14.6 Å². The molecule has 7 heteroatoms. The maximum absolute atomic E-state index is 13.2. The number of carboxylic acids is 1. The standard InChI is InChI=1S/C28H26BrNO5/c1-3-13-30-24-8-6-5-7-21(24)22(27(30)31)14-20-15-25(34-4-2)26(16-23(20)29)35-17-18-9-11-19(12-10-18)28(32)33/h5-12,14-16H,3-4,13,17H2,1-2H3,(H,32,33)/b22-14-. The molecule has 0 fully saturated rings. The van der Waals surface area contributed by atoms with Crippen LogP contribution in [0.4, 0.5) is 5.69 Å². The van der Waals surface area contributed by atoms with Crippen molar-refractivity contribution in [2.45, 2.75) is 26.9 Å². The highest BCUT2D eigenvalue weighted by atomic mass is 79.9. The van der Waals surface area contributed by atoms with Gasteiger partial charge in [0.1, 0.15) is 6.61 Å². The van der Waals surface area contributed by atoms with Gasteiger partial charge in [0, 0.05) is 22.2 Å². The van der Waals surface area contributed by atoms with Crippen LogP contribution in [0.15, 0.2) is 65.1 Å². The summed E-state index contributed by atoms with van der Waals surface area (Å²) in [6, 6.07) is 18.1. The molecule has 3 aromatic carbocycles. The molecule has 1 aliphatic rings. The fourth-order valence-electron chi connectivity index (χ4n) is 3.99. The summed E-state index contributed by atoms with van der Waals surface area (Å²) in [5, 5.41) is 9.07. The van der Waals surface area contributed by atoms with Gasteiger partial charge in [-0.15, -0.1) is 0 Å². The van der Waals surface area contributed by atoms with Gasteiger partial charge in [-0.2, -0.15) is 0 Å². The lowest BCUT2D eigenvalue weighted by Gasteiger charge is -2.15. The molecule has 3 aromatic rings. The highest BCUT2D eigenvalue weighted by Crippen LogP contribution is 2.40. The Bertz CT molecular complexity index is 1280. The number of amides is 1. The van der Waals surface area contributed by atoms with E-state index in [2.05, 4.69) is 22.9 Å². The summed E-state index contributed by atoms with van der Waals surface area (Å²) in [6.07, 6.45) is 2.76. The van der Waals surface area contributed by atoms with E-state index >= 15 is 0 Å². The number of carbonyl (C=O) groups excluding carboxylic acids is 1. The molecule has 180 valence electrons. The van der Waals surface area contributed by atoms with Gasteiger partial charge >= 0.3 is 5.97 Å². The summed E-state index contributed by atoms with van der Waals surface area (Å²) in [5.74, 6) is 0.136. The van der Waals surface area contributed by atoms with Crippen molar-refractivity contribution in [3.05, 3.63) is 87.4 Å². The molecule has 0 aliphatic carbocycles. The van der Waals surface area contributed by atoms with E-state index in [0.29, 0.717) is 30.2 Å². The van der Waals surface area contributed by atoms with Crippen LogP contribution < -0.4 is 14.4 Å². The highest BCUT2D eigenvalue weighted by Gasteiger charge is 2.31. The van der Waals surface area contributed by atoms with Crippen LogP contribution in [0.2, 0.25) is 0 Å². The molecule has 0 saturated carbocycles. The Morgan fingerprint density at radius 2 is 1.74 bits per heavy atom. The monoisotopic (exact) mass is 535 g/mol. The number of hydrogen-bond donors (Lipinski definition) is 1. The first-order valence-corrected chi connectivity index (χ1v) is 12.3. The number of carboxylic acid groups (broad SMARTS) is 1. The minimum atomic E-state index is -0.967. The van der Waals surface area contributed by atoms with Crippen LogP contribution in [0, 0.1) is 0 Å². The Morgan fingerprint density at radius 1 is 1.03 bits per heavy atom. The van der Waals surface area contributed by atoms with Gasteiger partial charge in [0.15, 0.2) is 11.5 Å². The first kappa shape index (κ1) is 24.5. The van der Waals surface area contributed by atoms with Crippen LogP contribution in [0.3, 0.4) is 0 Å². The second kappa shape index (κ2) is 10.8. The molecule has 35 heavy (non-hydrogen) atoms. The second-order valence-corrected chi connectivity index (χ2v) is 8.93. The molecule has 1 aliphatic heterocycles. The number of hydrogen-bond acceptors (Lipinski definition) is 4. The Kier molecular flexibility index (Phi) is 7.56.